The van der Waals surface area contributed by atoms with E-state index in [1.807, 2.05) is 48.0 Å². The Balaban J connectivity index is 0.000000148. The van der Waals surface area contributed by atoms with Crippen molar-refractivity contribution >= 4 is 85.4 Å². The van der Waals surface area contributed by atoms with Gasteiger partial charge in [-0.3, -0.25) is 36.5 Å². The van der Waals surface area contributed by atoms with E-state index in [2.05, 4.69) is 100 Å². The van der Waals surface area contributed by atoms with Crippen molar-refractivity contribution in [2.75, 3.05) is 47.3 Å². The lowest BCUT2D eigenvalue weighted by Crippen LogP contribution is -2.16. The Kier molecular flexibility index (Phi) is 27.5. The van der Waals surface area contributed by atoms with Gasteiger partial charge in [0, 0.05) is 131 Å². The highest BCUT2D eigenvalue weighted by Crippen LogP contribution is 2.37. The van der Waals surface area contributed by atoms with E-state index in [1.165, 1.54) is 77.5 Å². The number of halogens is 8. The average Bonchev–Trinajstić information content (AvgIpc) is 1.18. The van der Waals surface area contributed by atoms with Crippen molar-refractivity contribution in [3.8, 4) is 116 Å². The fourth-order valence-corrected chi connectivity index (χ4v) is 16.9. The van der Waals surface area contributed by atoms with Crippen LogP contribution >= 0.6 is 0 Å². The van der Waals surface area contributed by atoms with Crippen molar-refractivity contribution in [2.45, 2.75) is 53.7 Å². The van der Waals surface area contributed by atoms with Crippen LogP contribution in [0.3, 0.4) is 0 Å². The Hall–Kier alpha value is -15.9. The van der Waals surface area contributed by atoms with Crippen molar-refractivity contribution in [2.24, 2.45) is 5.92 Å². The van der Waals surface area contributed by atoms with Gasteiger partial charge in [0.25, 0.3) is 40.1 Å². The van der Waals surface area contributed by atoms with Gasteiger partial charge >= 0.3 is 0 Å². The van der Waals surface area contributed by atoms with Crippen LogP contribution in [0.25, 0.3) is 67.1 Å². The highest BCUT2D eigenvalue weighted by molar-refractivity contribution is 7.93. The van der Waals surface area contributed by atoms with E-state index in [0.717, 1.165) is 48.5 Å². The molecule has 0 saturated carbocycles. The van der Waals surface area contributed by atoms with Crippen molar-refractivity contribution in [3.05, 3.63) is 289 Å². The molecule has 0 aliphatic rings. The van der Waals surface area contributed by atoms with Gasteiger partial charge in [-0.25, -0.2) is 109 Å². The molecule has 16 rings (SSSR count). The first-order valence-electron chi connectivity index (χ1n) is 38.0. The number of ether oxygens (including phenoxy) is 4. The summed E-state index contributed by atoms with van der Waals surface area (Å²) in [4.78, 5) is 31.0. The standard InChI is InChI=1S/C24H20F2N4O3S.C23H18F2N4O3S.C22H16F2N4O3S.C21H14F2N4O3S/c1-15(2)4-7-19-13-27-23-9-5-16(14-30(19)23)17-10-21(24(33-3)28-12-17)29-34(31,32)22-8-6-18(25)11-20(22)26;1-3-4-5-18-13-26-22-9-6-15(14-29(18)22)16-10-20(23(32-2)27-12-16)28-33(30,31)21-8-7-17(24)11-19(21)25;1-3-4-17-12-25-21-8-5-14(13-28(17)21)15-9-19(22(31-2)26-11-15)27-32(29,30)20-7-6-16(23)10-18(20)24;1-3-16-11-24-20-7-4-13(12-27(16)20)14-8-18(21(30-2)25-10-14)26-31(28,29)19-6-5-15(22)9-17(19)23/h5-6,8-15,29H,1-3H3;6-14,28H,3H2,1-2H3;5-13,27H,1-2H3;1,4-12,26H,2H3. The summed E-state index contributed by atoms with van der Waals surface area (Å²) in [6, 6.07) is 29.2. The SMILES string of the molecule is C#Cc1cnc2ccc(-c3cnc(OC)c(NS(=O)(=O)c4ccc(F)cc4F)c3)cn12.CC#Cc1cnc2ccc(-c3cnc(OC)c(NS(=O)(=O)c4ccc(F)cc4F)c3)cn12.CCC#Cc1cnc2ccc(-c3cnc(OC)c(NS(=O)(=O)c4ccc(F)cc4F)c3)cn12.COc1ncc(-c2ccc3ncc(C#CC(C)C)n3c2)cc1NS(=O)(=O)c1ccc(F)cc1F. The van der Waals surface area contributed by atoms with Gasteiger partial charge in [-0.15, -0.1) is 6.42 Å². The van der Waals surface area contributed by atoms with Crippen molar-refractivity contribution in [1.29, 1.82) is 0 Å². The predicted molar refractivity (Wildman–Crippen MR) is 468 cm³/mol. The quantitative estimate of drug-likeness (QED) is 0.0407. The summed E-state index contributed by atoms with van der Waals surface area (Å²) in [7, 11) is -12.2. The molecule has 0 atom stereocenters. The maximum absolute atomic E-state index is 14.1. The van der Waals surface area contributed by atoms with E-state index < -0.39 is 106 Å². The highest BCUT2D eigenvalue weighted by Gasteiger charge is 2.28. The molecule has 0 bridgehead atoms. The van der Waals surface area contributed by atoms with Gasteiger partial charge in [0.1, 0.15) is 134 Å². The summed E-state index contributed by atoms with van der Waals surface area (Å²) >= 11 is 0. The molecule has 28 nitrogen and oxygen atoms in total. The lowest BCUT2D eigenvalue weighted by molar-refractivity contribution is 0.400. The Morgan fingerprint density at radius 1 is 0.346 bits per heavy atom. The molecule has 660 valence electrons. The smallest absolute Gasteiger partial charge is 0.264 e. The van der Waals surface area contributed by atoms with Crippen LogP contribution in [0, 0.1) is 100 Å². The summed E-state index contributed by atoms with van der Waals surface area (Å²) < 4.78 is 248. The van der Waals surface area contributed by atoms with Gasteiger partial charge in [-0.1, -0.05) is 44.5 Å². The summed E-state index contributed by atoms with van der Waals surface area (Å²) in [6.45, 7) is 7.65. The number of benzene rings is 4. The minimum Gasteiger partial charge on any atom is -0.480 e. The number of methoxy groups -OCH3 is 4. The maximum Gasteiger partial charge on any atom is 0.264 e. The van der Waals surface area contributed by atoms with Crippen LogP contribution in [-0.2, 0) is 40.1 Å². The summed E-state index contributed by atoms with van der Waals surface area (Å²) in [5.74, 6) is 12.3. The number of anilines is 4. The van der Waals surface area contributed by atoms with Crippen LogP contribution in [0.15, 0.2) is 240 Å². The topological polar surface area (TPSA) is 342 Å². The molecule has 12 heterocycles. The monoisotopic (exact) mass is 1840 g/mol. The van der Waals surface area contributed by atoms with E-state index in [4.69, 9.17) is 25.4 Å². The number of nitrogens with one attached hydrogen (secondary N) is 4. The summed E-state index contributed by atoms with van der Waals surface area (Å²) in [5.41, 5.74) is 10.4. The number of sulfonamides is 4. The maximum atomic E-state index is 14.1. The molecule has 16 aromatic rings. The summed E-state index contributed by atoms with van der Waals surface area (Å²) in [6.07, 6.45) is 25.9. The second-order valence-corrected chi connectivity index (χ2v) is 34.2. The zero-order chi connectivity index (χ0) is 93.1. The molecule has 0 spiro atoms. The first-order valence-corrected chi connectivity index (χ1v) is 43.9. The molecule has 0 unspecified atom stereocenters. The first-order chi connectivity index (χ1) is 62.1. The third kappa shape index (κ3) is 20.8. The number of imidazole rings is 4. The number of fused-ring (bicyclic) bond motifs is 4. The van der Waals surface area contributed by atoms with E-state index in [9.17, 15) is 68.8 Å². The average molecular weight is 1850 g/mol. The molecule has 40 heteroatoms. The molecule has 0 aliphatic heterocycles. The molecule has 4 aromatic carbocycles. The Morgan fingerprint density at radius 3 is 0.854 bits per heavy atom. The van der Waals surface area contributed by atoms with Gasteiger partial charge in [-0.2, -0.15) is 0 Å². The molecule has 0 amide bonds. The molecule has 4 N–H and O–H groups in total. The highest BCUT2D eigenvalue weighted by atomic mass is 32.2. The number of nitrogens with zero attached hydrogens (tertiary/aromatic N) is 12. The van der Waals surface area contributed by atoms with Gasteiger partial charge in [-0.05, 0) is 146 Å². The van der Waals surface area contributed by atoms with Crippen LogP contribution in [0.1, 0.15) is 56.9 Å². The van der Waals surface area contributed by atoms with Crippen molar-refractivity contribution in [3.63, 3.8) is 0 Å². The van der Waals surface area contributed by atoms with Gasteiger partial charge in [0.05, 0.1) is 53.2 Å². The fraction of sp³-hybridized carbons (Fsp3) is 0.111. The normalized spacial score (nSPS) is 11.2. The molecule has 0 radical (unpaired) electrons. The lowest BCUT2D eigenvalue weighted by Gasteiger charge is -2.13. The molecule has 0 aliphatic carbocycles. The fourth-order valence-electron chi connectivity index (χ4n) is 12.5. The van der Waals surface area contributed by atoms with Crippen molar-refractivity contribution < 1.29 is 87.7 Å². The minimum absolute atomic E-state index is 0.00421. The van der Waals surface area contributed by atoms with Crippen LogP contribution < -0.4 is 37.8 Å². The molecule has 12 aromatic heterocycles. The number of terminal acetylenes is 1. The number of hydrogen-bond acceptors (Lipinski definition) is 20. The van der Waals surface area contributed by atoms with Crippen LogP contribution in [0.4, 0.5) is 57.9 Å². The molecular weight excluding hydrogens is 1780 g/mol. The third-order valence-electron chi connectivity index (χ3n) is 18.5. The van der Waals surface area contributed by atoms with Gasteiger partial charge in [0.15, 0.2) is 0 Å². The molecular formula is C90H68F8N16O12S4. The third-order valence-corrected chi connectivity index (χ3v) is 24.1. The predicted octanol–water partition coefficient (Wildman–Crippen LogP) is 16.1. The van der Waals surface area contributed by atoms with E-state index in [0.29, 0.717) is 121 Å². The molecule has 0 saturated heterocycles. The van der Waals surface area contributed by atoms with Crippen molar-refractivity contribution in [1.82, 2.24) is 57.5 Å². The van der Waals surface area contributed by atoms with E-state index >= 15 is 0 Å². The zero-order valence-electron chi connectivity index (χ0n) is 69.1. The Morgan fingerprint density at radius 2 is 0.608 bits per heavy atom. The second kappa shape index (κ2) is 38.9. The number of rotatable bonds is 20. The van der Waals surface area contributed by atoms with Gasteiger partial charge in [0.2, 0.25) is 23.5 Å². The Bertz CT molecular complexity index is 7880. The van der Waals surface area contributed by atoms with Crippen LogP contribution in [0.5, 0.6) is 23.5 Å². The zero-order valence-corrected chi connectivity index (χ0v) is 72.3. The van der Waals surface area contributed by atoms with Crippen LogP contribution in [-0.4, -0.2) is 120 Å². The summed E-state index contributed by atoms with van der Waals surface area (Å²) in [5, 5.41) is 0. The second-order valence-electron chi connectivity index (χ2n) is 27.6. The molecule has 0 fully saturated rings. The first kappa shape index (κ1) is 91.8. The number of pyridine rings is 8. The number of hydrogen-bond donors (Lipinski definition) is 4. The largest absolute Gasteiger partial charge is 0.480 e. The molecule has 130 heavy (non-hydrogen) atoms. The number of aromatic nitrogens is 12. The Labute approximate surface area is 738 Å². The minimum atomic E-state index is -4.39. The lowest BCUT2D eigenvalue weighted by atomic mass is 10.1. The van der Waals surface area contributed by atoms with Gasteiger partial charge < -0.3 is 18.9 Å². The van der Waals surface area contributed by atoms with E-state index in [-0.39, 0.29) is 52.2 Å². The van der Waals surface area contributed by atoms with E-state index in [1.54, 1.807) is 95.4 Å². The van der Waals surface area contributed by atoms with Crippen LogP contribution in [0.2, 0.25) is 0 Å².